The number of methoxy groups -OCH3 is 2. The van der Waals surface area contributed by atoms with Crippen LogP contribution in [0, 0.1) is 23.7 Å². The molecule has 2 aliphatic heterocycles. The average Bonchev–Trinajstić information content (AvgIpc) is 4.08. The van der Waals surface area contributed by atoms with Gasteiger partial charge in [0.05, 0.1) is 42.7 Å². The minimum absolute atomic E-state index is 0.0109. The van der Waals surface area contributed by atoms with Crippen LogP contribution in [0.5, 0.6) is 0 Å². The topological polar surface area (TPSA) is 201 Å². The largest absolute Gasteiger partial charge is 0.444 e. The van der Waals surface area contributed by atoms with Gasteiger partial charge in [0.1, 0.15) is 17.7 Å². The van der Waals surface area contributed by atoms with E-state index in [2.05, 4.69) is 31.3 Å². The number of tetrazole rings is 1. The number of aromatic nitrogens is 4. The van der Waals surface area contributed by atoms with Crippen LogP contribution in [0.3, 0.4) is 0 Å². The summed E-state index contributed by atoms with van der Waals surface area (Å²) in [6.07, 6.45) is 3.10. The summed E-state index contributed by atoms with van der Waals surface area (Å²) in [6, 6.07) is 6.64. The number of piperidine rings is 1. The van der Waals surface area contributed by atoms with Crippen LogP contribution in [-0.2, 0) is 39.8 Å². The Balaban J connectivity index is 1.28. The molecule has 2 saturated heterocycles. The smallest absolute Gasteiger partial charge is 0.411 e. The zero-order valence-corrected chi connectivity index (χ0v) is 38.6. The van der Waals surface area contributed by atoms with Gasteiger partial charge in [-0.2, -0.15) is 0 Å². The molecule has 0 radical (unpaired) electrons. The van der Waals surface area contributed by atoms with Gasteiger partial charge in [0.2, 0.25) is 23.6 Å². The maximum Gasteiger partial charge on any atom is 0.411 e. The highest BCUT2D eigenvalue weighted by Gasteiger charge is 2.53. The van der Waals surface area contributed by atoms with Crippen molar-refractivity contribution in [2.45, 2.75) is 161 Å². The standard InChI is InChI=1S/C45H71N9O8/c1-12-27(4)37(52(9)43(58)36(26(2)3)47-42(57)38-30-20-21-31(24-30)54(38)44(59)62-45(6,7)8)34(60-10)25-35(55)53-22-16-19-33(53)39(61-11)28(5)41(56)46-32(40-48-50-51-49-40)23-29-17-14-13-15-18-29/h13-15,17-18,26-28,30-34,36-39H,12,16,19-25H2,1-11H3,(H,46,56)(H,47,57)(H,48,49,50,51)/t27-,28+,30-,31+,32-,33-,34+,36-,37-,38-,39+/m0/s1. The predicted molar refractivity (Wildman–Crippen MR) is 231 cm³/mol. The number of benzene rings is 1. The van der Waals surface area contributed by atoms with Crippen LogP contribution in [0.2, 0.25) is 0 Å². The van der Waals surface area contributed by atoms with Crippen LogP contribution in [0.15, 0.2) is 30.3 Å². The van der Waals surface area contributed by atoms with Crippen molar-refractivity contribution in [2.24, 2.45) is 23.7 Å². The molecule has 3 aliphatic rings. The first-order chi connectivity index (χ1) is 29.4. The van der Waals surface area contributed by atoms with Gasteiger partial charge < -0.3 is 34.6 Å². The third kappa shape index (κ3) is 11.3. The number of hydrogen-bond acceptors (Lipinski definition) is 11. The molecule has 0 unspecified atom stereocenters. The third-order valence-corrected chi connectivity index (χ3v) is 13.2. The van der Waals surface area contributed by atoms with Crippen LogP contribution in [0.25, 0.3) is 0 Å². The lowest BCUT2D eigenvalue weighted by atomic mass is 9.89. The molecule has 62 heavy (non-hydrogen) atoms. The lowest BCUT2D eigenvalue weighted by Crippen LogP contribution is -2.61. The van der Waals surface area contributed by atoms with Crippen molar-refractivity contribution < 1.29 is 38.2 Å². The van der Waals surface area contributed by atoms with E-state index in [0.717, 1.165) is 31.2 Å². The molecular weight excluding hydrogens is 795 g/mol. The Kier molecular flexibility index (Phi) is 16.5. The Bertz CT molecular complexity index is 1810. The summed E-state index contributed by atoms with van der Waals surface area (Å²) in [7, 11) is 4.82. The fraction of sp³-hybridized carbons (Fsp3) is 0.733. The number of nitrogens with one attached hydrogen (secondary N) is 3. The first kappa shape index (κ1) is 48.4. The van der Waals surface area contributed by atoms with Gasteiger partial charge in [-0.15, -0.1) is 5.10 Å². The van der Waals surface area contributed by atoms with Crippen LogP contribution in [-0.4, -0.2) is 141 Å². The van der Waals surface area contributed by atoms with E-state index in [-0.39, 0.29) is 59.9 Å². The summed E-state index contributed by atoms with van der Waals surface area (Å²) < 4.78 is 17.8. The molecule has 5 amide bonds. The zero-order valence-electron chi connectivity index (χ0n) is 38.6. The minimum atomic E-state index is -0.891. The maximum absolute atomic E-state index is 14.6. The van der Waals surface area contributed by atoms with Gasteiger partial charge in [0.15, 0.2) is 5.82 Å². The molecule has 17 heteroatoms. The van der Waals surface area contributed by atoms with Crippen LogP contribution >= 0.6 is 0 Å². The van der Waals surface area contributed by atoms with Gasteiger partial charge in [0, 0.05) is 40.3 Å². The van der Waals surface area contributed by atoms with Crippen molar-refractivity contribution in [1.82, 2.24) is 46.0 Å². The summed E-state index contributed by atoms with van der Waals surface area (Å²) in [5, 5.41) is 20.5. The average molecular weight is 866 g/mol. The second kappa shape index (κ2) is 21.2. The Morgan fingerprint density at radius 2 is 1.69 bits per heavy atom. The fourth-order valence-electron chi connectivity index (χ4n) is 9.86. The molecular formula is C45H71N9O8. The second-order valence-electron chi connectivity index (χ2n) is 18.9. The molecule has 1 saturated carbocycles. The van der Waals surface area contributed by atoms with Crippen molar-refractivity contribution in [3.05, 3.63) is 41.7 Å². The Hall–Kier alpha value is -4.64. The number of fused-ring (bicyclic) bond motifs is 2. The first-order valence-electron chi connectivity index (χ1n) is 22.4. The van der Waals surface area contributed by atoms with Crippen molar-refractivity contribution in [1.29, 1.82) is 0 Å². The van der Waals surface area contributed by atoms with Gasteiger partial charge in [0.25, 0.3) is 0 Å². The Labute approximate surface area is 367 Å². The van der Waals surface area contributed by atoms with E-state index in [1.54, 1.807) is 63.7 Å². The lowest BCUT2D eigenvalue weighted by Gasteiger charge is -2.41. The molecule has 1 aliphatic carbocycles. The highest BCUT2D eigenvalue weighted by molar-refractivity contribution is 5.92. The molecule has 344 valence electrons. The van der Waals surface area contributed by atoms with Gasteiger partial charge in [-0.25, -0.2) is 9.89 Å². The summed E-state index contributed by atoms with van der Waals surface area (Å²) in [4.78, 5) is 75.4. The normalized spacial score (nSPS) is 23.3. The molecule has 3 fully saturated rings. The summed E-state index contributed by atoms with van der Waals surface area (Å²) in [5.74, 6) is -1.66. The van der Waals surface area contributed by atoms with Crippen LogP contribution < -0.4 is 10.6 Å². The fourth-order valence-corrected chi connectivity index (χ4v) is 9.86. The first-order valence-corrected chi connectivity index (χ1v) is 22.4. The number of amides is 5. The number of carbonyl (C=O) groups excluding carboxylic acids is 5. The van der Waals surface area contributed by atoms with E-state index in [4.69, 9.17) is 14.2 Å². The Morgan fingerprint density at radius 3 is 2.29 bits per heavy atom. The number of hydrogen-bond donors (Lipinski definition) is 3. The van der Waals surface area contributed by atoms with Crippen molar-refractivity contribution in [2.75, 3.05) is 27.8 Å². The van der Waals surface area contributed by atoms with Gasteiger partial charge in [-0.3, -0.25) is 24.1 Å². The highest BCUT2D eigenvalue weighted by Crippen LogP contribution is 2.43. The molecule has 5 rings (SSSR count). The molecule has 2 aromatic rings. The van der Waals surface area contributed by atoms with Crippen LogP contribution in [0.4, 0.5) is 4.79 Å². The number of aromatic amines is 1. The van der Waals surface area contributed by atoms with E-state index in [9.17, 15) is 24.0 Å². The number of likely N-dealkylation sites (tertiary alicyclic amines) is 2. The predicted octanol–water partition coefficient (Wildman–Crippen LogP) is 4.45. The Morgan fingerprint density at radius 1 is 0.984 bits per heavy atom. The number of H-pyrrole nitrogens is 1. The lowest BCUT2D eigenvalue weighted by molar-refractivity contribution is -0.148. The molecule has 3 heterocycles. The van der Waals surface area contributed by atoms with Gasteiger partial charge in [-0.1, -0.05) is 71.4 Å². The molecule has 17 nitrogen and oxygen atoms in total. The zero-order chi connectivity index (χ0) is 45.5. The molecule has 2 bridgehead atoms. The third-order valence-electron chi connectivity index (χ3n) is 13.2. The van der Waals surface area contributed by atoms with Crippen molar-refractivity contribution in [3.8, 4) is 0 Å². The monoisotopic (exact) mass is 866 g/mol. The van der Waals surface area contributed by atoms with Crippen LogP contribution in [0.1, 0.15) is 118 Å². The van der Waals surface area contributed by atoms with E-state index < -0.39 is 54.0 Å². The molecule has 11 atom stereocenters. The quantitative estimate of drug-likeness (QED) is 0.180. The molecule has 3 N–H and O–H groups in total. The number of likely N-dealkylation sites (N-methyl/N-ethyl adjacent to an activating group) is 1. The summed E-state index contributed by atoms with van der Waals surface area (Å²) in [6.45, 7) is 15.5. The number of rotatable bonds is 19. The van der Waals surface area contributed by atoms with Gasteiger partial charge >= 0.3 is 6.09 Å². The van der Waals surface area contributed by atoms with E-state index >= 15 is 0 Å². The number of carbonyl (C=O) groups is 5. The van der Waals surface area contributed by atoms with E-state index in [0.29, 0.717) is 31.6 Å². The van der Waals surface area contributed by atoms with Crippen molar-refractivity contribution in [3.63, 3.8) is 0 Å². The molecule has 0 spiro atoms. The second-order valence-corrected chi connectivity index (χ2v) is 18.9. The SMILES string of the molecule is CC[C@H](C)[C@@H]([C@@H](CC(=O)N1CCC[C@H]1[C@H](OC)[C@@H](C)C(=O)N[C@@H](Cc1ccccc1)c1nnn[nH]1)OC)N(C)C(=O)[C@@H](NC(=O)[C@@H]1[C@H]2CC[C@H](C2)N1C(=O)OC(C)(C)C)C(C)C. The van der Waals surface area contributed by atoms with Gasteiger partial charge in [-0.05, 0) is 86.6 Å². The number of ether oxygens (including phenoxy) is 3. The maximum atomic E-state index is 14.6. The molecule has 1 aromatic carbocycles. The minimum Gasteiger partial charge on any atom is -0.444 e. The van der Waals surface area contributed by atoms with E-state index in [1.165, 1.54) is 0 Å². The highest BCUT2D eigenvalue weighted by atomic mass is 16.6. The number of nitrogens with zero attached hydrogens (tertiary/aromatic N) is 6. The van der Waals surface area contributed by atoms with E-state index in [1.807, 2.05) is 58.0 Å². The summed E-state index contributed by atoms with van der Waals surface area (Å²) >= 11 is 0. The van der Waals surface area contributed by atoms with Crippen molar-refractivity contribution >= 4 is 29.7 Å². The summed E-state index contributed by atoms with van der Waals surface area (Å²) in [5.41, 5.74) is 0.282. The molecule has 1 aromatic heterocycles.